The molecule has 2 aromatic heterocycles. The minimum Gasteiger partial charge on any atom is -0.243 e. The van der Waals surface area contributed by atoms with E-state index < -0.39 is 0 Å². The van der Waals surface area contributed by atoms with E-state index in [1.807, 2.05) is 6.92 Å². The fourth-order valence-corrected chi connectivity index (χ4v) is 2.91. The molecule has 0 saturated heterocycles. The summed E-state index contributed by atoms with van der Waals surface area (Å²) in [4.78, 5) is 4.08. The summed E-state index contributed by atoms with van der Waals surface area (Å²) in [6.45, 7) is 2.03. The Hall–Kier alpha value is -0.120. The number of aryl methyl sites for hydroxylation is 1. The highest BCUT2D eigenvalue weighted by Crippen LogP contribution is 2.34. The first-order chi connectivity index (χ1) is 5.68. The average Bonchev–Trinajstić information content (AvgIpc) is 2.41. The van der Waals surface area contributed by atoms with Crippen molar-refractivity contribution in [3.63, 3.8) is 0 Å². The van der Waals surface area contributed by atoms with Crippen LogP contribution in [0.1, 0.15) is 5.56 Å². The smallest absolute Gasteiger partial charge is 0.146 e. The van der Waals surface area contributed by atoms with Crippen molar-refractivity contribution in [1.29, 1.82) is 0 Å². The number of aromatic nitrogens is 1. The number of fused-ring (bicyclic) bond motifs is 1. The van der Waals surface area contributed by atoms with E-state index in [0.29, 0.717) is 5.15 Å². The van der Waals surface area contributed by atoms with Gasteiger partial charge in [-0.3, -0.25) is 0 Å². The molecule has 12 heavy (non-hydrogen) atoms. The maximum atomic E-state index is 5.92. The van der Waals surface area contributed by atoms with Gasteiger partial charge in [-0.15, -0.1) is 11.3 Å². The summed E-state index contributed by atoms with van der Waals surface area (Å²) >= 11 is 11.0. The molecule has 4 heteroatoms. The standard InChI is InChI=1S/C8H5BrClNS/c1-4-3-11-8(10)7-5(4)2-6(9)12-7/h2-3H,1H3. The van der Waals surface area contributed by atoms with Gasteiger partial charge in [-0.25, -0.2) is 4.98 Å². The van der Waals surface area contributed by atoms with E-state index in [1.54, 1.807) is 17.5 Å². The topological polar surface area (TPSA) is 12.9 Å². The predicted octanol–water partition coefficient (Wildman–Crippen LogP) is 4.02. The third-order valence-corrected chi connectivity index (χ3v) is 3.73. The van der Waals surface area contributed by atoms with Crippen LogP contribution in [0.3, 0.4) is 0 Å². The van der Waals surface area contributed by atoms with Crippen molar-refractivity contribution in [1.82, 2.24) is 4.98 Å². The van der Waals surface area contributed by atoms with Crippen LogP contribution >= 0.6 is 38.9 Å². The third kappa shape index (κ3) is 1.26. The van der Waals surface area contributed by atoms with Crippen LogP contribution in [0.5, 0.6) is 0 Å². The van der Waals surface area contributed by atoms with Crippen molar-refractivity contribution >= 4 is 49.0 Å². The van der Waals surface area contributed by atoms with Gasteiger partial charge in [-0.1, -0.05) is 11.6 Å². The van der Waals surface area contributed by atoms with Crippen molar-refractivity contribution < 1.29 is 0 Å². The summed E-state index contributed by atoms with van der Waals surface area (Å²) in [6.07, 6.45) is 1.80. The highest BCUT2D eigenvalue weighted by Gasteiger charge is 2.06. The van der Waals surface area contributed by atoms with Crippen molar-refractivity contribution in [2.24, 2.45) is 0 Å². The molecule has 1 nitrogen and oxygen atoms in total. The first-order valence-electron chi connectivity index (χ1n) is 3.38. The van der Waals surface area contributed by atoms with Crippen LogP contribution in [0.15, 0.2) is 16.0 Å². The molecule has 0 unspecified atom stereocenters. The van der Waals surface area contributed by atoms with E-state index in [0.717, 1.165) is 14.0 Å². The lowest BCUT2D eigenvalue weighted by Gasteiger charge is -1.95. The number of hydrogen-bond donors (Lipinski definition) is 0. The van der Waals surface area contributed by atoms with Gasteiger partial charge >= 0.3 is 0 Å². The molecule has 2 heterocycles. The molecule has 0 spiro atoms. The Labute approximate surface area is 87.5 Å². The lowest BCUT2D eigenvalue weighted by atomic mass is 10.2. The van der Waals surface area contributed by atoms with Gasteiger partial charge in [0, 0.05) is 11.6 Å². The third-order valence-electron chi connectivity index (χ3n) is 1.69. The van der Waals surface area contributed by atoms with Crippen LogP contribution in [-0.4, -0.2) is 4.98 Å². The Morgan fingerprint density at radius 1 is 1.58 bits per heavy atom. The molecule has 2 rings (SSSR count). The molecule has 0 aliphatic carbocycles. The SMILES string of the molecule is Cc1cnc(Cl)c2sc(Br)cc12. The van der Waals surface area contributed by atoms with Crippen LogP contribution in [-0.2, 0) is 0 Å². The van der Waals surface area contributed by atoms with E-state index >= 15 is 0 Å². The highest BCUT2D eigenvalue weighted by molar-refractivity contribution is 9.11. The Kier molecular flexibility index (Phi) is 2.10. The van der Waals surface area contributed by atoms with Crippen LogP contribution < -0.4 is 0 Å². The second-order valence-corrected chi connectivity index (χ2v) is 5.31. The van der Waals surface area contributed by atoms with Crippen LogP contribution in [0.25, 0.3) is 10.1 Å². The molecule has 0 aliphatic rings. The lowest BCUT2D eigenvalue weighted by molar-refractivity contribution is 1.32. The molecular weight excluding hydrogens is 258 g/mol. The fraction of sp³-hybridized carbons (Fsp3) is 0.125. The van der Waals surface area contributed by atoms with Crippen LogP contribution in [0, 0.1) is 6.92 Å². The summed E-state index contributed by atoms with van der Waals surface area (Å²) in [6, 6.07) is 2.07. The molecule has 0 fully saturated rings. The largest absolute Gasteiger partial charge is 0.243 e. The summed E-state index contributed by atoms with van der Waals surface area (Å²) < 4.78 is 2.15. The van der Waals surface area contributed by atoms with Gasteiger partial charge in [0.2, 0.25) is 0 Å². The molecule has 0 saturated carbocycles. The molecule has 0 aliphatic heterocycles. The minimum absolute atomic E-state index is 0.589. The van der Waals surface area contributed by atoms with E-state index in [-0.39, 0.29) is 0 Å². The first-order valence-corrected chi connectivity index (χ1v) is 5.37. The summed E-state index contributed by atoms with van der Waals surface area (Å²) in [7, 11) is 0. The summed E-state index contributed by atoms with van der Waals surface area (Å²) in [5.41, 5.74) is 1.16. The van der Waals surface area contributed by atoms with E-state index in [2.05, 4.69) is 27.0 Å². The highest BCUT2D eigenvalue weighted by atomic mass is 79.9. The second-order valence-electron chi connectivity index (χ2n) is 2.53. The van der Waals surface area contributed by atoms with E-state index in [1.165, 1.54) is 5.39 Å². The second kappa shape index (κ2) is 2.98. The van der Waals surface area contributed by atoms with Gasteiger partial charge in [-0.2, -0.15) is 0 Å². The number of nitrogens with zero attached hydrogens (tertiary/aromatic N) is 1. The van der Waals surface area contributed by atoms with Gasteiger partial charge in [0.15, 0.2) is 0 Å². The minimum atomic E-state index is 0.589. The number of rotatable bonds is 0. The van der Waals surface area contributed by atoms with Gasteiger partial charge in [0.05, 0.1) is 8.49 Å². The zero-order valence-electron chi connectivity index (χ0n) is 6.27. The maximum Gasteiger partial charge on any atom is 0.146 e. The predicted molar refractivity (Wildman–Crippen MR) is 57.1 cm³/mol. The molecule has 0 bridgehead atoms. The first kappa shape index (κ1) is 8.48. The van der Waals surface area contributed by atoms with Gasteiger partial charge in [0.25, 0.3) is 0 Å². The molecular formula is C8H5BrClNS. The molecule has 62 valence electrons. The number of hydrogen-bond acceptors (Lipinski definition) is 2. The van der Waals surface area contributed by atoms with Gasteiger partial charge < -0.3 is 0 Å². The van der Waals surface area contributed by atoms with Gasteiger partial charge in [0.1, 0.15) is 5.15 Å². The lowest BCUT2D eigenvalue weighted by Crippen LogP contribution is -1.77. The van der Waals surface area contributed by atoms with Crippen molar-refractivity contribution in [3.05, 3.63) is 26.8 Å². The quantitative estimate of drug-likeness (QED) is 0.654. The molecule has 0 atom stereocenters. The monoisotopic (exact) mass is 261 g/mol. The molecule has 0 radical (unpaired) electrons. The number of pyridine rings is 1. The van der Waals surface area contributed by atoms with Crippen LogP contribution in [0.4, 0.5) is 0 Å². The zero-order valence-corrected chi connectivity index (χ0v) is 9.42. The Bertz CT molecular complexity index is 399. The van der Waals surface area contributed by atoms with Crippen molar-refractivity contribution in [3.8, 4) is 0 Å². The average molecular weight is 263 g/mol. The molecule has 0 N–H and O–H groups in total. The Balaban J connectivity index is 2.93. The number of halogens is 2. The Morgan fingerprint density at radius 3 is 3.00 bits per heavy atom. The molecule has 2 aromatic rings. The maximum absolute atomic E-state index is 5.92. The molecule has 0 amide bonds. The normalized spacial score (nSPS) is 10.9. The summed E-state index contributed by atoms with van der Waals surface area (Å²) in [5, 5.41) is 1.78. The van der Waals surface area contributed by atoms with E-state index in [4.69, 9.17) is 11.6 Å². The number of thiophene rings is 1. The van der Waals surface area contributed by atoms with Crippen molar-refractivity contribution in [2.75, 3.05) is 0 Å². The molecule has 0 aromatic carbocycles. The Morgan fingerprint density at radius 2 is 2.33 bits per heavy atom. The van der Waals surface area contributed by atoms with E-state index in [9.17, 15) is 0 Å². The van der Waals surface area contributed by atoms with Gasteiger partial charge in [-0.05, 0) is 34.5 Å². The van der Waals surface area contributed by atoms with Crippen LogP contribution in [0.2, 0.25) is 5.15 Å². The van der Waals surface area contributed by atoms with Crippen molar-refractivity contribution in [2.45, 2.75) is 6.92 Å². The summed E-state index contributed by atoms with van der Waals surface area (Å²) in [5.74, 6) is 0. The fourth-order valence-electron chi connectivity index (χ4n) is 1.09. The zero-order chi connectivity index (χ0) is 8.72.